The summed E-state index contributed by atoms with van der Waals surface area (Å²) in [6, 6.07) is 0. The first-order chi connectivity index (χ1) is 5.31. The Balaban J connectivity index is 2.03. The quantitative estimate of drug-likeness (QED) is 0.567. The van der Waals surface area contributed by atoms with Crippen LogP contribution in [-0.2, 0) is 4.79 Å². The number of hydrogen-bond donors (Lipinski definition) is 1. The van der Waals surface area contributed by atoms with Crippen molar-refractivity contribution in [3.63, 3.8) is 0 Å². The highest BCUT2D eigenvalue weighted by atomic mass is 16.1. The maximum Gasteiger partial charge on any atom is 0.134 e. The van der Waals surface area contributed by atoms with E-state index < -0.39 is 0 Å². The molecule has 1 unspecified atom stereocenters. The van der Waals surface area contributed by atoms with Crippen molar-refractivity contribution in [3.05, 3.63) is 0 Å². The molecule has 1 heterocycles. The lowest BCUT2D eigenvalue weighted by Gasteiger charge is -2.33. The van der Waals surface area contributed by atoms with Gasteiger partial charge in [-0.2, -0.15) is 0 Å². The lowest BCUT2D eigenvalue weighted by Crippen LogP contribution is -2.46. The zero-order chi connectivity index (χ0) is 7.73. The van der Waals surface area contributed by atoms with Gasteiger partial charge in [-0.15, -0.1) is 0 Å². The molecule has 0 radical (unpaired) electrons. The van der Waals surface area contributed by atoms with Crippen LogP contribution in [0.3, 0.4) is 0 Å². The van der Waals surface area contributed by atoms with Gasteiger partial charge in [0.05, 0.1) is 0 Å². The van der Waals surface area contributed by atoms with E-state index in [1.54, 1.807) is 0 Å². The van der Waals surface area contributed by atoms with Gasteiger partial charge in [0.2, 0.25) is 0 Å². The molecule has 1 saturated heterocycles. The first-order valence-electron chi connectivity index (χ1n) is 4.58. The van der Waals surface area contributed by atoms with Gasteiger partial charge < -0.3 is 5.32 Å². The predicted molar refractivity (Wildman–Crippen MR) is 43.4 cm³/mol. The standard InChI is InChI=1S/C9H15NO/c11-8-3-5-9(7-8)4-1-2-6-10-9/h10H,1-7H2. The number of piperidine rings is 1. The van der Waals surface area contributed by atoms with E-state index in [4.69, 9.17) is 0 Å². The van der Waals surface area contributed by atoms with Crippen molar-refractivity contribution in [3.8, 4) is 0 Å². The van der Waals surface area contributed by atoms with Crippen molar-refractivity contribution in [2.45, 2.75) is 44.1 Å². The first-order valence-corrected chi connectivity index (χ1v) is 4.58. The number of Topliss-reactive ketones (excluding diaryl/α,β-unsaturated/α-hetero) is 1. The van der Waals surface area contributed by atoms with Crippen molar-refractivity contribution in [1.82, 2.24) is 5.32 Å². The van der Waals surface area contributed by atoms with Crippen molar-refractivity contribution >= 4 is 5.78 Å². The molecule has 0 amide bonds. The van der Waals surface area contributed by atoms with Gasteiger partial charge in [-0.25, -0.2) is 0 Å². The summed E-state index contributed by atoms with van der Waals surface area (Å²) in [7, 11) is 0. The molecule has 2 rings (SSSR count). The molecule has 11 heavy (non-hydrogen) atoms. The van der Waals surface area contributed by atoms with Gasteiger partial charge in [-0.3, -0.25) is 4.79 Å². The molecule has 0 aromatic carbocycles. The zero-order valence-electron chi connectivity index (χ0n) is 6.86. The van der Waals surface area contributed by atoms with Crippen LogP contribution in [0.25, 0.3) is 0 Å². The molecule has 62 valence electrons. The van der Waals surface area contributed by atoms with Crippen molar-refractivity contribution in [1.29, 1.82) is 0 Å². The minimum Gasteiger partial charge on any atom is -0.311 e. The van der Waals surface area contributed by atoms with Crippen LogP contribution in [0.4, 0.5) is 0 Å². The Morgan fingerprint density at radius 2 is 2.18 bits per heavy atom. The highest BCUT2D eigenvalue weighted by molar-refractivity contribution is 5.82. The van der Waals surface area contributed by atoms with Gasteiger partial charge in [0, 0.05) is 18.4 Å². The molecule has 0 bridgehead atoms. The summed E-state index contributed by atoms with van der Waals surface area (Å²) in [6.45, 7) is 1.12. The van der Waals surface area contributed by atoms with Crippen LogP contribution in [0.5, 0.6) is 0 Å². The molecule has 1 aliphatic heterocycles. The second-order valence-electron chi connectivity index (χ2n) is 3.88. The lowest BCUT2D eigenvalue weighted by molar-refractivity contribution is -0.117. The lowest BCUT2D eigenvalue weighted by atomic mass is 9.87. The Labute approximate surface area is 67.4 Å². The Kier molecular flexibility index (Phi) is 1.72. The monoisotopic (exact) mass is 153 g/mol. The van der Waals surface area contributed by atoms with E-state index in [0.29, 0.717) is 5.78 Å². The second kappa shape index (κ2) is 2.59. The number of rotatable bonds is 0. The van der Waals surface area contributed by atoms with Crippen LogP contribution in [0.15, 0.2) is 0 Å². The minimum atomic E-state index is 0.245. The maximum absolute atomic E-state index is 11.1. The molecule has 1 saturated carbocycles. The van der Waals surface area contributed by atoms with E-state index >= 15 is 0 Å². The van der Waals surface area contributed by atoms with E-state index in [-0.39, 0.29) is 5.54 Å². The molecule has 2 aliphatic rings. The topological polar surface area (TPSA) is 29.1 Å². The van der Waals surface area contributed by atoms with Gasteiger partial charge in [-0.05, 0) is 25.8 Å². The van der Waals surface area contributed by atoms with E-state index in [0.717, 1.165) is 25.8 Å². The number of ketones is 1. The van der Waals surface area contributed by atoms with Crippen LogP contribution < -0.4 is 5.32 Å². The van der Waals surface area contributed by atoms with Gasteiger partial charge in [-0.1, -0.05) is 6.42 Å². The number of nitrogens with one attached hydrogen (secondary N) is 1. The average Bonchev–Trinajstić information content (AvgIpc) is 2.34. The predicted octanol–water partition coefficient (Wildman–Crippen LogP) is 1.25. The Morgan fingerprint density at radius 3 is 2.73 bits per heavy atom. The summed E-state index contributed by atoms with van der Waals surface area (Å²) < 4.78 is 0. The van der Waals surface area contributed by atoms with Gasteiger partial charge in [0.15, 0.2) is 0 Å². The van der Waals surface area contributed by atoms with E-state index in [1.807, 2.05) is 0 Å². The fourth-order valence-electron chi connectivity index (χ4n) is 2.33. The Morgan fingerprint density at radius 1 is 1.27 bits per heavy atom. The summed E-state index contributed by atoms with van der Waals surface area (Å²) in [6.07, 6.45) is 6.51. The highest BCUT2D eigenvalue weighted by Gasteiger charge is 2.38. The van der Waals surface area contributed by atoms with E-state index in [9.17, 15) is 4.79 Å². The molecule has 1 atom stereocenters. The van der Waals surface area contributed by atoms with Gasteiger partial charge >= 0.3 is 0 Å². The number of carbonyl (C=O) groups is 1. The Bertz CT molecular complexity index is 170. The normalized spacial score (nSPS) is 38.4. The maximum atomic E-state index is 11.1. The van der Waals surface area contributed by atoms with Crippen LogP contribution in [-0.4, -0.2) is 17.9 Å². The van der Waals surface area contributed by atoms with Crippen LogP contribution >= 0.6 is 0 Å². The number of hydrogen-bond acceptors (Lipinski definition) is 2. The molecule has 1 N–H and O–H groups in total. The molecule has 1 aliphatic carbocycles. The van der Waals surface area contributed by atoms with E-state index in [1.165, 1.54) is 19.3 Å². The third-order valence-electron chi connectivity index (χ3n) is 3.00. The second-order valence-corrected chi connectivity index (χ2v) is 3.88. The molecule has 2 fully saturated rings. The van der Waals surface area contributed by atoms with E-state index in [2.05, 4.69) is 5.32 Å². The Hall–Kier alpha value is -0.370. The molecular formula is C9H15NO. The fraction of sp³-hybridized carbons (Fsp3) is 0.889. The molecular weight excluding hydrogens is 138 g/mol. The van der Waals surface area contributed by atoms with Gasteiger partial charge in [0.25, 0.3) is 0 Å². The molecule has 0 aromatic rings. The van der Waals surface area contributed by atoms with Crippen molar-refractivity contribution < 1.29 is 4.79 Å². The third-order valence-corrected chi connectivity index (χ3v) is 3.00. The van der Waals surface area contributed by atoms with Crippen LogP contribution in [0, 0.1) is 0 Å². The summed E-state index contributed by atoms with van der Waals surface area (Å²) in [5.74, 6) is 0.458. The summed E-state index contributed by atoms with van der Waals surface area (Å²) >= 11 is 0. The average molecular weight is 153 g/mol. The van der Waals surface area contributed by atoms with Crippen LogP contribution in [0.2, 0.25) is 0 Å². The fourth-order valence-corrected chi connectivity index (χ4v) is 2.33. The zero-order valence-corrected chi connectivity index (χ0v) is 6.86. The van der Waals surface area contributed by atoms with Gasteiger partial charge in [0.1, 0.15) is 5.78 Å². The molecule has 2 heteroatoms. The molecule has 2 nitrogen and oxygen atoms in total. The first kappa shape index (κ1) is 7.29. The smallest absolute Gasteiger partial charge is 0.134 e. The van der Waals surface area contributed by atoms with Crippen molar-refractivity contribution in [2.24, 2.45) is 0 Å². The SMILES string of the molecule is O=C1CCC2(CCCCN2)C1. The van der Waals surface area contributed by atoms with Crippen molar-refractivity contribution in [2.75, 3.05) is 6.54 Å². The molecule has 0 aromatic heterocycles. The largest absolute Gasteiger partial charge is 0.311 e. The summed E-state index contributed by atoms with van der Waals surface area (Å²) in [5.41, 5.74) is 0.245. The van der Waals surface area contributed by atoms with Crippen LogP contribution in [0.1, 0.15) is 38.5 Å². The summed E-state index contributed by atoms with van der Waals surface area (Å²) in [4.78, 5) is 11.1. The number of carbonyl (C=O) groups excluding carboxylic acids is 1. The third kappa shape index (κ3) is 1.32. The summed E-state index contributed by atoms with van der Waals surface area (Å²) in [5, 5.41) is 3.50. The minimum absolute atomic E-state index is 0.245. The molecule has 1 spiro atoms. The highest BCUT2D eigenvalue weighted by Crippen LogP contribution is 2.33.